The van der Waals surface area contributed by atoms with Gasteiger partial charge in [0, 0.05) is 6.07 Å². The monoisotopic (exact) mass is 317 g/mol. The van der Waals surface area contributed by atoms with Crippen LogP contribution >= 0.6 is 0 Å². The summed E-state index contributed by atoms with van der Waals surface area (Å²) in [5, 5.41) is 2.77. The first-order chi connectivity index (χ1) is 11.0. The normalized spacial score (nSPS) is 11.9. The molecule has 23 heavy (non-hydrogen) atoms. The molecule has 0 heterocycles. The quantitative estimate of drug-likeness (QED) is 0.875. The Labute approximate surface area is 135 Å². The minimum atomic E-state index is -0.774. The summed E-state index contributed by atoms with van der Waals surface area (Å²) in [5.41, 5.74) is 0.570. The van der Waals surface area contributed by atoms with E-state index in [1.165, 1.54) is 18.2 Å². The van der Waals surface area contributed by atoms with Gasteiger partial charge in [-0.2, -0.15) is 0 Å². The lowest BCUT2D eigenvalue weighted by Crippen LogP contribution is -2.30. The van der Waals surface area contributed by atoms with E-state index in [0.717, 1.165) is 0 Å². The SMILES string of the molecule is CC(C)Oc1ccccc1NC(=O)C(C)Oc1cccc(F)c1. The van der Waals surface area contributed by atoms with E-state index >= 15 is 0 Å². The standard InChI is InChI=1S/C18H20FNO3/c1-12(2)22-17-10-5-4-9-16(17)20-18(21)13(3)23-15-8-6-7-14(19)11-15/h4-13H,1-3H3,(H,20,21). The number of ether oxygens (including phenoxy) is 2. The first kappa shape index (κ1) is 16.8. The van der Waals surface area contributed by atoms with Crippen LogP contribution in [0.3, 0.4) is 0 Å². The van der Waals surface area contributed by atoms with Crippen molar-refractivity contribution in [3.8, 4) is 11.5 Å². The van der Waals surface area contributed by atoms with E-state index < -0.39 is 11.9 Å². The van der Waals surface area contributed by atoms with Crippen LogP contribution in [0.1, 0.15) is 20.8 Å². The van der Waals surface area contributed by atoms with Crippen molar-refractivity contribution in [1.29, 1.82) is 0 Å². The highest BCUT2D eigenvalue weighted by Crippen LogP contribution is 2.25. The molecule has 2 aromatic carbocycles. The zero-order valence-corrected chi connectivity index (χ0v) is 13.4. The van der Waals surface area contributed by atoms with Gasteiger partial charge in [0.15, 0.2) is 6.10 Å². The van der Waals surface area contributed by atoms with Crippen molar-refractivity contribution < 1.29 is 18.7 Å². The Morgan fingerprint density at radius 1 is 1.04 bits per heavy atom. The largest absolute Gasteiger partial charge is 0.489 e. The topological polar surface area (TPSA) is 47.6 Å². The van der Waals surface area contributed by atoms with Gasteiger partial charge in [-0.25, -0.2) is 4.39 Å². The first-order valence-corrected chi connectivity index (χ1v) is 7.44. The molecule has 0 radical (unpaired) electrons. The maximum atomic E-state index is 13.1. The van der Waals surface area contributed by atoms with Gasteiger partial charge in [0.1, 0.15) is 17.3 Å². The molecule has 0 aliphatic carbocycles. The molecule has 2 rings (SSSR count). The van der Waals surface area contributed by atoms with E-state index in [0.29, 0.717) is 17.2 Å². The molecule has 0 spiro atoms. The van der Waals surface area contributed by atoms with Crippen LogP contribution in [0.15, 0.2) is 48.5 Å². The van der Waals surface area contributed by atoms with Crippen LogP contribution in [0.2, 0.25) is 0 Å². The van der Waals surface area contributed by atoms with E-state index in [9.17, 15) is 9.18 Å². The third-order valence-electron chi connectivity index (χ3n) is 2.99. The Morgan fingerprint density at radius 3 is 2.48 bits per heavy atom. The molecule has 1 N–H and O–H groups in total. The lowest BCUT2D eigenvalue weighted by atomic mass is 10.2. The van der Waals surface area contributed by atoms with Crippen LogP contribution in [0.5, 0.6) is 11.5 Å². The molecule has 2 aromatic rings. The maximum absolute atomic E-state index is 13.1. The maximum Gasteiger partial charge on any atom is 0.265 e. The minimum absolute atomic E-state index is 0.00554. The van der Waals surface area contributed by atoms with Crippen molar-refractivity contribution in [2.24, 2.45) is 0 Å². The number of amides is 1. The lowest BCUT2D eigenvalue weighted by molar-refractivity contribution is -0.122. The summed E-state index contributed by atoms with van der Waals surface area (Å²) in [5.74, 6) is 0.146. The average Bonchev–Trinajstić information content (AvgIpc) is 2.48. The predicted octanol–water partition coefficient (Wildman–Crippen LogP) is 4.02. The fraction of sp³-hybridized carbons (Fsp3) is 0.278. The molecule has 0 aliphatic heterocycles. The molecular weight excluding hydrogens is 297 g/mol. The highest BCUT2D eigenvalue weighted by atomic mass is 19.1. The number of benzene rings is 2. The number of para-hydroxylation sites is 2. The van der Waals surface area contributed by atoms with Crippen LogP contribution in [0.4, 0.5) is 10.1 Å². The fourth-order valence-electron chi connectivity index (χ4n) is 1.96. The van der Waals surface area contributed by atoms with Gasteiger partial charge in [0.05, 0.1) is 11.8 Å². The fourth-order valence-corrected chi connectivity index (χ4v) is 1.96. The van der Waals surface area contributed by atoms with Gasteiger partial charge in [-0.05, 0) is 45.0 Å². The summed E-state index contributed by atoms with van der Waals surface area (Å²) in [6.45, 7) is 5.43. The van der Waals surface area contributed by atoms with Gasteiger partial charge >= 0.3 is 0 Å². The third kappa shape index (κ3) is 4.98. The molecule has 0 saturated heterocycles. The second-order valence-corrected chi connectivity index (χ2v) is 5.37. The second kappa shape index (κ2) is 7.63. The van der Waals surface area contributed by atoms with Crippen LogP contribution in [0, 0.1) is 5.82 Å². The molecule has 0 saturated carbocycles. The molecule has 1 unspecified atom stereocenters. The van der Waals surface area contributed by atoms with Crippen molar-refractivity contribution in [3.05, 3.63) is 54.3 Å². The van der Waals surface area contributed by atoms with Crippen LogP contribution in [-0.2, 0) is 4.79 Å². The van der Waals surface area contributed by atoms with Gasteiger partial charge in [0.25, 0.3) is 5.91 Å². The zero-order chi connectivity index (χ0) is 16.8. The number of carbonyl (C=O) groups is 1. The smallest absolute Gasteiger partial charge is 0.265 e. The summed E-state index contributed by atoms with van der Waals surface area (Å²) < 4.78 is 24.3. The van der Waals surface area contributed by atoms with Crippen LogP contribution in [0.25, 0.3) is 0 Å². The Balaban J connectivity index is 2.04. The minimum Gasteiger partial charge on any atom is -0.489 e. The molecule has 0 fully saturated rings. The zero-order valence-electron chi connectivity index (χ0n) is 13.4. The van der Waals surface area contributed by atoms with E-state index in [-0.39, 0.29) is 12.0 Å². The summed E-state index contributed by atoms with van der Waals surface area (Å²) in [6, 6.07) is 12.9. The number of halogens is 1. The third-order valence-corrected chi connectivity index (χ3v) is 2.99. The van der Waals surface area contributed by atoms with Crippen molar-refractivity contribution in [1.82, 2.24) is 0 Å². The van der Waals surface area contributed by atoms with Gasteiger partial charge in [-0.3, -0.25) is 4.79 Å². The number of carbonyl (C=O) groups excluding carboxylic acids is 1. The van der Waals surface area contributed by atoms with E-state index in [1.54, 1.807) is 31.2 Å². The Morgan fingerprint density at radius 2 is 1.78 bits per heavy atom. The Hall–Kier alpha value is -2.56. The average molecular weight is 317 g/mol. The van der Waals surface area contributed by atoms with E-state index in [1.807, 2.05) is 19.9 Å². The van der Waals surface area contributed by atoms with Crippen LogP contribution in [-0.4, -0.2) is 18.1 Å². The van der Waals surface area contributed by atoms with Gasteiger partial charge in [-0.1, -0.05) is 18.2 Å². The number of hydrogen-bond acceptors (Lipinski definition) is 3. The number of nitrogens with one attached hydrogen (secondary N) is 1. The number of anilines is 1. The van der Waals surface area contributed by atoms with Gasteiger partial charge < -0.3 is 14.8 Å². The predicted molar refractivity (Wildman–Crippen MR) is 87.3 cm³/mol. The molecule has 122 valence electrons. The summed E-state index contributed by atoms with van der Waals surface area (Å²) in [6.07, 6.45) is -0.780. The van der Waals surface area contributed by atoms with Crippen molar-refractivity contribution in [2.75, 3.05) is 5.32 Å². The van der Waals surface area contributed by atoms with Crippen LogP contribution < -0.4 is 14.8 Å². The van der Waals surface area contributed by atoms with E-state index in [2.05, 4.69) is 5.32 Å². The number of rotatable bonds is 6. The summed E-state index contributed by atoms with van der Waals surface area (Å²) in [4.78, 5) is 12.3. The number of hydrogen-bond donors (Lipinski definition) is 1. The van der Waals surface area contributed by atoms with Crippen molar-refractivity contribution >= 4 is 11.6 Å². The van der Waals surface area contributed by atoms with Gasteiger partial charge in [0.2, 0.25) is 0 Å². The van der Waals surface area contributed by atoms with E-state index in [4.69, 9.17) is 9.47 Å². The van der Waals surface area contributed by atoms with Gasteiger partial charge in [-0.15, -0.1) is 0 Å². The first-order valence-electron chi connectivity index (χ1n) is 7.44. The molecule has 1 atom stereocenters. The molecule has 4 nitrogen and oxygen atoms in total. The molecule has 5 heteroatoms. The molecule has 0 aliphatic rings. The highest BCUT2D eigenvalue weighted by Gasteiger charge is 2.17. The molecule has 1 amide bonds. The van der Waals surface area contributed by atoms with Crippen molar-refractivity contribution in [3.63, 3.8) is 0 Å². The van der Waals surface area contributed by atoms with Crippen molar-refractivity contribution in [2.45, 2.75) is 33.0 Å². The summed E-state index contributed by atoms with van der Waals surface area (Å²) in [7, 11) is 0. The Kier molecular flexibility index (Phi) is 5.57. The Bertz CT molecular complexity index is 673. The summed E-state index contributed by atoms with van der Waals surface area (Å²) >= 11 is 0. The molecule has 0 aromatic heterocycles. The molecular formula is C18H20FNO3. The lowest BCUT2D eigenvalue weighted by Gasteiger charge is -2.18. The highest BCUT2D eigenvalue weighted by molar-refractivity contribution is 5.95. The second-order valence-electron chi connectivity index (χ2n) is 5.37. The molecule has 0 bridgehead atoms.